The predicted molar refractivity (Wildman–Crippen MR) is 72.3 cm³/mol. The number of benzene rings is 1. The van der Waals surface area contributed by atoms with Gasteiger partial charge in [-0.05, 0) is 12.0 Å². The number of carboxylic acids is 2. The summed E-state index contributed by atoms with van der Waals surface area (Å²) in [6.07, 6.45) is -1.01. The number of hydrogen-bond donors (Lipinski definition) is 3. The van der Waals surface area contributed by atoms with Crippen LogP contribution in [0.15, 0.2) is 30.3 Å². The molecule has 0 heterocycles. The van der Waals surface area contributed by atoms with Gasteiger partial charge in [0, 0.05) is 12.8 Å². The lowest BCUT2D eigenvalue weighted by Crippen LogP contribution is -2.28. The summed E-state index contributed by atoms with van der Waals surface area (Å²) >= 11 is 4.19. The van der Waals surface area contributed by atoms with Crippen molar-refractivity contribution in [2.24, 2.45) is 0 Å². The molecule has 0 radical (unpaired) electrons. The number of rotatable bonds is 8. The lowest BCUT2D eigenvalue weighted by atomic mass is 10.1. The molecule has 0 saturated carbocycles. The van der Waals surface area contributed by atoms with Crippen molar-refractivity contribution in [3.8, 4) is 0 Å². The molecule has 2 atom stereocenters. The zero-order valence-corrected chi connectivity index (χ0v) is 11.1. The van der Waals surface area contributed by atoms with Gasteiger partial charge >= 0.3 is 11.9 Å². The summed E-state index contributed by atoms with van der Waals surface area (Å²) in [6.45, 7) is 0. The topological polar surface area (TPSA) is 83.8 Å². The number of thiol groups is 1. The minimum atomic E-state index is -1.17. The molecule has 104 valence electrons. The molecule has 0 amide bonds. The molecule has 0 fully saturated rings. The van der Waals surface area contributed by atoms with Crippen LogP contribution in [0.5, 0.6) is 0 Å². The van der Waals surface area contributed by atoms with Crippen LogP contribution in [0.3, 0.4) is 0 Å². The molecule has 2 N–H and O–H groups in total. The van der Waals surface area contributed by atoms with E-state index in [0.717, 1.165) is 5.56 Å². The molecule has 0 saturated heterocycles. The molecule has 0 aliphatic heterocycles. The highest BCUT2D eigenvalue weighted by Crippen LogP contribution is 2.14. The third-order valence-corrected chi connectivity index (χ3v) is 2.77. The van der Waals surface area contributed by atoms with Crippen molar-refractivity contribution in [3.05, 3.63) is 35.9 Å². The van der Waals surface area contributed by atoms with E-state index in [9.17, 15) is 9.59 Å². The van der Waals surface area contributed by atoms with Crippen molar-refractivity contribution in [1.29, 1.82) is 0 Å². The minimum Gasteiger partial charge on any atom is -0.481 e. The minimum absolute atomic E-state index is 0.0729. The van der Waals surface area contributed by atoms with Gasteiger partial charge in [-0.3, -0.25) is 4.79 Å². The number of carboxylic acid groups (broad SMARTS) is 2. The summed E-state index contributed by atoms with van der Waals surface area (Å²) in [5.41, 5.74) is 0.391. The molecular formula is C13H16O5S. The molecule has 2 unspecified atom stereocenters. The maximum atomic E-state index is 10.9. The van der Waals surface area contributed by atoms with E-state index in [-0.39, 0.29) is 12.8 Å². The van der Waals surface area contributed by atoms with Gasteiger partial charge in [0.1, 0.15) is 5.44 Å². The molecule has 1 rings (SSSR count). The fourth-order valence-electron chi connectivity index (χ4n) is 1.56. The first-order chi connectivity index (χ1) is 8.99. The van der Waals surface area contributed by atoms with Crippen LogP contribution in [0.4, 0.5) is 0 Å². The molecule has 0 spiro atoms. The highest BCUT2D eigenvalue weighted by atomic mass is 32.1. The van der Waals surface area contributed by atoms with E-state index in [0.29, 0.717) is 6.42 Å². The van der Waals surface area contributed by atoms with Crippen LogP contribution < -0.4 is 0 Å². The largest absolute Gasteiger partial charge is 0.481 e. The highest BCUT2D eigenvalue weighted by molar-refractivity contribution is 7.80. The number of ether oxygens (including phenoxy) is 1. The van der Waals surface area contributed by atoms with Crippen molar-refractivity contribution in [2.75, 3.05) is 0 Å². The summed E-state index contributed by atoms with van der Waals surface area (Å²) in [5.74, 6) is -2.22. The van der Waals surface area contributed by atoms with E-state index < -0.39 is 23.5 Å². The Bertz CT molecular complexity index is 420. The third kappa shape index (κ3) is 6.26. The summed E-state index contributed by atoms with van der Waals surface area (Å²) < 4.78 is 5.27. The maximum absolute atomic E-state index is 10.9. The fourth-order valence-corrected chi connectivity index (χ4v) is 1.92. The maximum Gasteiger partial charge on any atom is 0.332 e. The molecule has 5 nitrogen and oxygen atoms in total. The molecule has 1 aromatic carbocycles. The van der Waals surface area contributed by atoms with Crippen molar-refractivity contribution in [1.82, 2.24) is 0 Å². The second-order valence-electron chi connectivity index (χ2n) is 4.04. The molecule has 0 aromatic heterocycles. The standard InChI is InChI=1S/C13H16O5S/c14-11(15)7-6-10(13(16)17)18-12(19)8-9-4-2-1-3-5-9/h1-5,10,12,19H,6-8H2,(H,14,15)(H,16,17). The van der Waals surface area contributed by atoms with E-state index in [1.54, 1.807) is 0 Å². The van der Waals surface area contributed by atoms with Gasteiger partial charge in [-0.25, -0.2) is 4.79 Å². The first kappa shape index (κ1) is 15.5. The Labute approximate surface area is 116 Å². The Kier molecular flexibility index (Phi) is 6.38. The van der Waals surface area contributed by atoms with Gasteiger partial charge in [-0.1, -0.05) is 30.3 Å². The first-order valence-electron chi connectivity index (χ1n) is 5.81. The van der Waals surface area contributed by atoms with Gasteiger partial charge in [-0.2, -0.15) is 0 Å². The van der Waals surface area contributed by atoms with E-state index in [1.807, 2.05) is 30.3 Å². The molecule has 0 bridgehead atoms. The lowest BCUT2D eigenvalue weighted by molar-refractivity contribution is -0.152. The number of carbonyl (C=O) groups is 2. The quantitative estimate of drug-likeness (QED) is 0.501. The zero-order valence-electron chi connectivity index (χ0n) is 10.2. The molecular weight excluding hydrogens is 268 g/mol. The average molecular weight is 284 g/mol. The van der Waals surface area contributed by atoms with E-state index >= 15 is 0 Å². The Balaban J connectivity index is 2.49. The molecule has 1 aromatic rings. The predicted octanol–water partition coefficient (Wildman–Crippen LogP) is 1.82. The summed E-state index contributed by atoms with van der Waals surface area (Å²) in [7, 11) is 0. The zero-order chi connectivity index (χ0) is 14.3. The van der Waals surface area contributed by atoms with Crippen LogP contribution in [0, 0.1) is 0 Å². The number of hydrogen-bond acceptors (Lipinski definition) is 4. The van der Waals surface area contributed by atoms with Crippen molar-refractivity contribution >= 4 is 24.6 Å². The monoisotopic (exact) mass is 284 g/mol. The molecule has 0 aliphatic carbocycles. The Hall–Kier alpha value is -1.53. The van der Waals surface area contributed by atoms with Gasteiger partial charge in [0.2, 0.25) is 0 Å². The van der Waals surface area contributed by atoms with E-state index in [2.05, 4.69) is 12.6 Å². The summed E-state index contributed by atoms with van der Waals surface area (Å²) in [6, 6.07) is 9.40. The summed E-state index contributed by atoms with van der Waals surface area (Å²) in [5, 5.41) is 17.5. The molecule has 6 heteroatoms. The molecule has 19 heavy (non-hydrogen) atoms. The normalized spacial score (nSPS) is 13.7. The van der Waals surface area contributed by atoms with E-state index in [4.69, 9.17) is 14.9 Å². The highest BCUT2D eigenvalue weighted by Gasteiger charge is 2.22. The van der Waals surface area contributed by atoms with Gasteiger partial charge in [0.05, 0.1) is 0 Å². The van der Waals surface area contributed by atoms with Crippen LogP contribution in [-0.2, 0) is 20.7 Å². The smallest absolute Gasteiger partial charge is 0.332 e. The second kappa shape index (κ2) is 7.81. The van der Waals surface area contributed by atoms with Crippen molar-refractivity contribution in [2.45, 2.75) is 30.8 Å². The van der Waals surface area contributed by atoms with Crippen LogP contribution >= 0.6 is 12.6 Å². The number of aliphatic carboxylic acids is 2. The van der Waals surface area contributed by atoms with Gasteiger partial charge in [0.15, 0.2) is 6.10 Å². The van der Waals surface area contributed by atoms with Crippen LogP contribution in [0.1, 0.15) is 18.4 Å². The van der Waals surface area contributed by atoms with Crippen molar-refractivity contribution < 1.29 is 24.5 Å². The van der Waals surface area contributed by atoms with Gasteiger partial charge in [0.25, 0.3) is 0 Å². The first-order valence-corrected chi connectivity index (χ1v) is 6.32. The Morgan fingerprint density at radius 2 is 1.84 bits per heavy atom. The van der Waals surface area contributed by atoms with Crippen LogP contribution in [-0.4, -0.2) is 33.7 Å². The lowest BCUT2D eigenvalue weighted by Gasteiger charge is -2.18. The fraction of sp³-hybridized carbons (Fsp3) is 0.385. The van der Waals surface area contributed by atoms with Crippen molar-refractivity contribution in [3.63, 3.8) is 0 Å². The summed E-state index contributed by atoms with van der Waals surface area (Å²) in [4.78, 5) is 21.4. The molecule has 0 aliphatic rings. The average Bonchev–Trinajstić information content (AvgIpc) is 2.35. The SMILES string of the molecule is O=C(O)CCC(OC(S)Cc1ccccc1)C(=O)O. The third-order valence-electron chi connectivity index (χ3n) is 2.47. The van der Waals surface area contributed by atoms with E-state index in [1.165, 1.54) is 0 Å². The van der Waals surface area contributed by atoms with Crippen LogP contribution in [0.25, 0.3) is 0 Å². The Morgan fingerprint density at radius 1 is 1.21 bits per heavy atom. The van der Waals surface area contributed by atoms with Gasteiger partial charge < -0.3 is 14.9 Å². The Morgan fingerprint density at radius 3 is 2.37 bits per heavy atom. The second-order valence-corrected chi connectivity index (χ2v) is 4.62. The van der Waals surface area contributed by atoms with Crippen LogP contribution in [0.2, 0.25) is 0 Å². The van der Waals surface area contributed by atoms with Gasteiger partial charge in [-0.15, -0.1) is 12.6 Å².